The van der Waals surface area contributed by atoms with Crippen molar-refractivity contribution in [1.29, 1.82) is 0 Å². The summed E-state index contributed by atoms with van der Waals surface area (Å²) in [6, 6.07) is 0.797. The molecule has 0 spiro atoms. The van der Waals surface area contributed by atoms with Gasteiger partial charge in [0.15, 0.2) is 0 Å². The maximum atomic E-state index is 11.4. The summed E-state index contributed by atoms with van der Waals surface area (Å²) >= 11 is 0. The van der Waals surface area contributed by atoms with Crippen LogP contribution in [0.15, 0.2) is 0 Å². The number of rotatable bonds is 4. The molecule has 0 radical (unpaired) electrons. The number of carbonyl (C=O) groups is 1. The highest BCUT2D eigenvalue weighted by Crippen LogP contribution is 2.14. The van der Waals surface area contributed by atoms with E-state index in [-0.39, 0.29) is 12.0 Å². The van der Waals surface area contributed by atoms with Gasteiger partial charge in [-0.3, -0.25) is 9.69 Å². The zero-order valence-electron chi connectivity index (χ0n) is 10.9. The molecule has 1 rings (SSSR count). The van der Waals surface area contributed by atoms with Crippen LogP contribution in [-0.4, -0.2) is 61.1 Å². The minimum Gasteiger partial charge on any atom is -0.466 e. The molecule has 0 aliphatic carbocycles. The predicted octanol–water partition coefficient (Wildman–Crippen LogP) is 0.964. The number of carbonyl (C=O) groups excluding carboxylic acids is 1. The van der Waals surface area contributed by atoms with Gasteiger partial charge in [-0.15, -0.1) is 0 Å². The maximum Gasteiger partial charge on any atom is 0.307 e. The summed E-state index contributed by atoms with van der Waals surface area (Å²) in [7, 11) is 2.14. The van der Waals surface area contributed by atoms with E-state index < -0.39 is 0 Å². The van der Waals surface area contributed by atoms with Crippen molar-refractivity contribution in [3.05, 3.63) is 0 Å². The zero-order valence-corrected chi connectivity index (χ0v) is 10.9. The number of esters is 1. The fourth-order valence-electron chi connectivity index (χ4n) is 2.39. The largest absolute Gasteiger partial charge is 0.466 e. The standard InChI is InChI=1S/C12H24N2O2/c1-5-16-12(15)8-10(2)14-7-6-13(4)9-11(14)3/h10-11H,5-9H2,1-4H3. The molecule has 2 unspecified atom stereocenters. The molecule has 1 aliphatic rings. The van der Waals surface area contributed by atoms with Crippen LogP contribution in [0, 0.1) is 0 Å². The zero-order chi connectivity index (χ0) is 12.1. The van der Waals surface area contributed by atoms with Crippen LogP contribution in [0.1, 0.15) is 27.2 Å². The van der Waals surface area contributed by atoms with E-state index in [4.69, 9.17) is 4.74 Å². The van der Waals surface area contributed by atoms with Crippen molar-refractivity contribution >= 4 is 5.97 Å². The van der Waals surface area contributed by atoms with Gasteiger partial charge in [-0.25, -0.2) is 0 Å². The first kappa shape index (κ1) is 13.5. The number of ether oxygens (including phenoxy) is 1. The van der Waals surface area contributed by atoms with Gasteiger partial charge in [-0.2, -0.15) is 0 Å². The lowest BCUT2D eigenvalue weighted by atomic mass is 10.1. The van der Waals surface area contributed by atoms with Gasteiger partial charge >= 0.3 is 5.97 Å². The molecule has 0 amide bonds. The minimum absolute atomic E-state index is 0.0823. The first-order valence-corrected chi connectivity index (χ1v) is 6.14. The molecule has 1 fully saturated rings. The Kier molecular flexibility index (Phi) is 5.22. The molecule has 0 aromatic carbocycles. The average Bonchev–Trinajstić information content (AvgIpc) is 2.17. The Morgan fingerprint density at radius 2 is 2.19 bits per heavy atom. The number of nitrogens with zero attached hydrogens (tertiary/aromatic N) is 2. The van der Waals surface area contributed by atoms with Crippen LogP contribution in [0.3, 0.4) is 0 Å². The van der Waals surface area contributed by atoms with E-state index in [0.717, 1.165) is 19.6 Å². The van der Waals surface area contributed by atoms with E-state index in [1.54, 1.807) is 0 Å². The second kappa shape index (κ2) is 6.21. The second-order valence-corrected chi connectivity index (χ2v) is 4.71. The second-order valence-electron chi connectivity index (χ2n) is 4.71. The third-order valence-corrected chi connectivity index (χ3v) is 3.22. The van der Waals surface area contributed by atoms with Crippen LogP contribution in [0.2, 0.25) is 0 Å². The molecular weight excluding hydrogens is 204 g/mol. The van der Waals surface area contributed by atoms with Gasteiger partial charge in [0, 0.05) is 31.7 Å². The van der Waals surface area contributed by atoms with Crippen LogP contribution in [0.5, 0.6) is 0 Å². The smallest absolute Gasteiger partial charge is 0.307 e. The molecule has 0 N–H and O–H groups in total. The summed E-state index contributed by atoms with van der Waals surface area (Å²) in [5.74, 6) is -0.0823. The molecular formula is C12H24N2O2. The van der Waals surface area contributed by atoms with Gasteiger partial charge in [0.25, 0.3) is 0 Å². The van der Waals surface area contributed by atoms with Gasteiger partial charge in [-0.05, 0) is 27.8 Å². The predicted molar refractivity (Wildman–Crippen MR) is 64.4 cm³/mol. The molecule has 0 aromatic heterocycles. The number of hydrogen-bond donors (Lipinski definition) is 0. The number of likely N-dealkylation sites (N-methyl/N-ethyl adjacent to an activating group) is 1. The van der Waals surface area contributed by atoms with Crippen LogP contribution in [-0.2, 0) is 9.53 Å². The van der Waals surface area contributed by atoms with E-state index >= 15 is 0 Å². The van der Waals surface area contributed by atoms with E-state index in [1.165, 1.54) is 0 Å². The lowest BCUT2D eigenvalue weighted by molar-refractivity contribution is -0.144. The summed E-state index contributed by atoms with van der Waals surface area (Å²) in [6.45, 7) is 9.85. The van der Waals surface area contributed by atoms with Gasteiger partial charge < -0.3 is 9.64 Å². The van der Waals surface area contributed by atoms with Crippen molar-refractivity contribution in [3.8, 4) is 0 Å². The first-order valence-electron chi connectivity index (χ1n) is 6.14. The Bertz CT molecular complexity index is 233. The molecule has 0 saturated carbocycles. The summed E-state index contributed by atoms with van der Waals surface area (Å²) < 4.78 is 4.98. The normalized spacial score (nSPS) is 25.4. The van der Waals surface area contributed by atoms with E-state index in [0.29, 0.717) is 19.1 Å². The van der Waals surface area contributed by atoms with E-state index in [9.17, 15) is 4.79 Å². The highest BCUT2D eigenvalue weighted by Gasteiger charge is 2.26. The first-order chi connectivity index (χ1) is 7.54. The topological polar surface area (TPSA) is 32.8 Å². The fourth-order valence-corrected chi connectivity index (χ4v) is 2.39. The van der Waals surface area contributed by atoms with Crippen molar-refractivity contribution < 1.29 is 9.53 Å². The highest BCUT2D eigenvalue weighted by molar-refractivity contribution is 5.70. The molecule has 0 aromatic rings. The Balaban J connectivity index is 2.41. The molecule has 0 bridgehead atoms. The molecule has 94 valence electrons. The van der Waals surface area contributed by atoms with E-state index in [1.807, 2.05) is 6.92 Å². The molecule has 16 heavy (non-hydrogen) atoms. The molecule has 1 heterocycles. The van der Waals surface area contributed by atoms with Crippen molar-refractivity contribution in [2.45, 2.75) is 39.3 Å². The van der Waals surface area contributed by atoms with Gasteiger partial charge in [-0.1, -0.05) is 0 Å². The van der Waals surface area contributed by atoms with Gasteiger partial charge in [0.2, 0.25) is 0 Å². The van der Waals surface area contributed by atoms with Crippen LogP contribution in [0.4, 0.5) is 0 Å². The van der Waals surface area contributed by atoms with Gasteiger partial charge in [0.1, 0.15) is 0 Å². The third kappa shape index (κ3) is 3.76. The van der Waals surface area contributed by atoms with Crippen LogP contribution >= 0.6 is 0 Å². The lowest BCUT2D eigenvalue weighted by Crippen LogP contribution is -2.54. The Morgan fingerprint density at radius 3 is 2.75 bits per heavy atom. The fraction of sp³-hybridized carbons (Fsp3) is 0.917. The summed E-state index contributed by atoms with van der Waals surface area (Å²) in [4.78, 5) is 16.1. The molecule has 1 saturated heterocycles. The summed E-state index contributed by atoms with van der Waals surface area (Å²) in [6.07, 6.45) is 0.502. The Morgan fingerprint density at radius 1 is 1.50 bits per heavy atom. The highest BCUT2D eigenvalue weighted by atomic mass is 16.5. The number of hydrogen-bond acceptors (Lipinski definition) is 4. The van der Waals surface area contributed by atoms with Crippen molar-refractivity contribution in [3.63, 3.8) is 0 Å². The van der Waals surface area contributed by atoms with E-state index in [2.05, 4.69) is 30.7 Å². The summed E-state index contributed by atoms with van der Waals surface area (Å²) in [5.41, 5.74) is 0. The molecule has 1 aliphatic heterocycles. The van der Waals surface area contributed by atoms with Crippen molar-refractivity contribution in [2.24, 2.45) is 0 Å². The van der Waals surface area contributed by atoms with Gasteiger partial charge in [0.05, 0.1) is 13.0 Å². The quantitative estimate of drug-likeness (QED) is 0.671. The minimum atomic E-state index is -0.0823. The Labute approximate surface area is 98.5 Å². The third-order valence-electron chi connectivity index (χ3n) is 3.22. The summed E-state index contributed by atoms with van der Waals surface area (Å²) in [5, 5.41) is 0. The Hall–Kier alpha value is -0.610. The molecule has 4 heteroatoms. The SMILES string of the molecule is CCOC(=O)CC(C)N1CCN(C)CC1C. The molecule has 4 nitrogen and oxygen atoms in total. The average molecular weight is 228 g/mol. The van der Waals surface area contributed by atoms with Crippen molar-refractivity contribution in [1.82, 2.24) is 9.80 Å². The monoisotopic (exact) mass is 228 g/mol. The van der Waals surface area contributed by atoms with Crippen LogP contribution < -0.4 is 0 Å². The van der Waals surface area contributed by atoms with Crippen molar-refractivity contribution in [2.75, 3.05) is 33.3 Å². The number of piperazine rings is 1. The molecule has 2 atom stereocenters. The lowest BCUT2D eigenvalue weighted by Gasteiger charge is -2.41. The van der Waals surface area contributed by atoms with Crippen LogP contribution in [0.25, 0.3) is 0 Å². The maximum absolute atomic E-state index is 11.4.